The van der Waals surface area contributed by atoms with Gasteiger partial charge in [-0.1, -0.05) is 0 Å². The maximum absolute atomic E-state index is 9.67. The molecule has 0 aliphatic carbocycles. The van der Waals surface area contributed by atoms with Crippen molar-refractivity contribution in [1.82, 2.24) is 0 Å². The SMILES string of the molecule is FB(F)F.[AsH3]. The summed E-state index contributed by atoms with van der Waals surface area (Å²) in [7, 11) is -3.67. The molecule has 5 heteroatoms. The standard InChI is InChI=1S/AsH3.BF3/c;2-1(3)4/h1H3;. The van der Waals surface area contributed by atoms with Gasteiger partial charge in [-0.2, -0.15) is 0 Å². The van der Waals surface area contributed by atoms with Gasteiger partial charge in [0.2, 0.25) is 0 Å². The molecule has 0 nitrogen and oxygen atoms in total. The summed E-state index contributed by atoms with van der Waals surface area (Å²) in [6.45, 7) is 0. The summed E-state index contributed by atoms with van der Waals surface area (Å²) in [6, 6.07) is 0. The number of halogens is 3. The van der Waals surface area contributed by atoms with Crippen LogP contribution in [0.15, 0.2) is 0 Å². The van der Waals surface area contributed by atoms with E-state index in [4.69, 9.17) is 0 Å². The molecule has 1 unspecified atom stereocenters. The first-order valence-electron chi connectivity index (χ1n) is 0.655. The van der Waals surface area contributed by atoms with Crippen molar-refractivity contribution in [1.29, 1.82) is 0 Å². The Morgan fingerprint density at radius 2 is 1.00 bits per heavy atom. The van der Waals surface area contributed by atoms with Crippen LogP contribution in [-0.2, 0) is 0 Å². The van der Waals surface area contributed by atoms with Gasteiger partial charge in [0.05, 0.1) is 0 Å². The number of hydrogen-bond donors (Lipinski definition) is 0. The van der Waals surface area contributed by atoms with Crippen LogP contribution in [0.25, 0.3) is 0 Å². The van der Waals surface area contributed by atoms with Crippen LogP contribution in [0.5, 0.6) is 0 Å². The summed E-state index contributed by atoms with van der Waals surface area (Å²) < 4.78 is 29.0. The zero-order valence-electron chi connectivity index (χ0n) is 2.42. The summed E-state index contributed by atoms with van der Waals surface area (Å²) in [4.78, 5) is 0. The summed E-state index contributed by atoms with van der Waals surface area (Å²) in [5.41, 5.74) is 0. The topological polar surface area (TPSA) is 0 Å². The Morgan fingerprint density at radius 3 is 1.00 bits per heavy atom. The first-order chi connectivity index (χ1) is 1.73. The third-order valence-electron chi connectivity index (χ3n) is 0. The summed E-state index contributed by atoms with van der Waals surface area (Å²) in [5, 5.41) is 0. The fraction of sp³-hybridized carbons (Fsp3) is 0. The summed E-state index contributed by atoms with van der Waals surface area (Å²) >= 11 is 0. The quantitative estimate of drug-likeness (QED) is 0.411. The molecule has 0 spiro atoms. The van der Waals surface area contributed by atoms with Gasteiger partial charge in [-0.15, -0.1) is 0 Å². The van der Waals surface area contributed by atoms with Crippen molar-refractivity contribution < 1.29 is 12.9 Å². The Morgan fingerprint density at radius 1 is 1.00 bits per heavy atom. The van der Waals surface area contributed by atoms with Gasteiger partial charge in [-0.25, -0.2) is 0 Å². The van der Waals surface area contributed by atoms with Gasteiger partial charge in [0, 0.05) is 0 Å². The van der Waals surface area contributed by atoms with E-state index in [0.29, 0.717) is 0 Å². The normalized spacial score (nSPS) is 5.40. The van der Waals surface area contributed by atoms with Crippen LogP contribution in [0.1, 0.15) is 0 Å². The van der Waals surface area contributed by atoms with E-state index >= 15 is 0 Å². The van der Waals surface area contributed by atoms with Crippen molar-refractivity contribution in [2.75, 3.05) is 0 Å². The van der Waals surface area contributed by atoms with E-state index in [1.807, 2.05) is 0 Å². The molecule has 0 rings (SSSR count). The van der Waals surface area contributed by atoms with Crippen LogP contribution in [0.2, 0.25) is 0 Å². The molecular formula is H3AsBF3. The van der Waals surface area contributed by atoms with Crippen molar-refractivity contribution in [2.24, 2.45) is 0 Å². The molecule has 5 heavy (non-hydrogen) atoms. The minimum absolute atomic E-state index is 0. The van der Waals surface area contributed by atoms with Crippen molar-refractivity contribution in [3.8, 4) is 0 Å². The summed E-state index contributed by atoms with van der Waals surface area (Å²) in [5.74, 6) is 0. The fourth-order valence-electron chi connectivity index (χ4n) is 0. The van der Waals surface area contributed by atoms with Crippen molar-refractivity contribution in [2.45, 2.75) is 0 Å². The average molecular weight is 146 g/mol. The van der Waals surface area contributed by atoms with Crippen LogP contribution in [-0.4, -0.2) is 25.5 Å². The zero-order chi connectivity index (χ0) is 3.58. The van der Waals surface area contributed by atoms with E-state index in [2.05, 4.69) is 0 Å². The first kappa shape index (κ1) is 9.05. The van der Waals surface area contributed by atoms with Crippen LogP contribution in [0.4, 0.5) is 12.9 Å². The van der Waals surface area contributed by atoms with Gasteiger partial charge in [0.15, 0.2) is 0 Å². The van der Waals surface area contributed by atoms with E-state index in [0.717, 1.165) is 0 Å². The predicted octanol–water partition coefficient (Wildman–Crippen LogP) is -0.304. The van der Waals surface area contributed by atoms with Gasteiger partial charge >= 0.3 is 25.5 Å². The van der Waals surface area contributed by atoms with Gasteiger partial charge < -0.3 is 0 Å². The third-order valence-corrected chi connectivity index (χ3v) is 0. The van der Waals surface area contributed by atoms with Gasteiger partial charge in [-0.05, 0) is 0 Å². The van der Waals surface area contributed by atoms with E-state index in [9.17, 15) is 12.9 Å². The molecule has 0 aromatic carbocycles. The predicted molar refractivity (Wildman–Crippen MR) is 19.0 cm³/mol. The van der Waals surface area contributed by atoms with E-state index in [1.54, 1.807) is 0 Å². The van der Waals surface area contributed by atoms with Crippen molar-refractivity contribution in [3.63, 3.8) is 0 Å². The van der Waals surface area contributed by atoms with Crippen LogP contribution >= 0.6 is 0 Å². The molecule has 0 saturated heterocycles. The molecule has 0 bridgehead atoms. The van der Waals surface area contributed by atoms with Crippen LogP contribution < -0.4 is 0 Å². The molecule has 0 fully saturated rings. The van der Waals surface area contributed by atoms with E-state index < -0.39 is 7.54 Å². The molecule has 0 aromatic heterocycles. The average Bonchev–Trinajstić information content (AvgIpc) is 0.811. The number of rotatable bonds is 0. The second-order valence-corrected chi connectivity index (χ2v) is 0.247. The van der Waals surface area contributed by atoms with E-state index in [1.165, 1.54) is 0 Å². The Bertz CT molecular complexity index is 11.6. The minimum atomic E-state index is -3.67. The molecule has 0 amide bonds. The molecule has 0 aliphatic heterocycles. The van der Waals surface area contributed by atoms with E-state index in [-0.39, 0.29) is 18.0 Å². The Kier molecular flexibility index (Phi) is 7.99. The molecule has 0 saturated carbocycles. The fourth-order valence-corrected chi connectivity index (χ4v) is 0. The molecule has 32 valence electrons. The second kappa shape index (κ2) is 4.41. The Hall–Kier alpha value is 0.413. The zero-order valence-corrected chi connectivity index (χ0v) is 5.39. The Balaban J connectivity index is 0. The molecule has 0 aliphatic rings. The molecule has 0 aromatic rings. The molecule has 0 heterocycles. The van der Waals surface area contributed by atoms with Crippen LogP contribution in [0.3, 0.4) is 0 Å². The first-order valence-corrected chi connectivity index (χ1v) is 0.655. The van der Waals surface area contributed by atoms with Crippen molar-refractivity contribution >= 4 is 25.5 Å². The second-order valence-electron chi connectivity index (χ2n) is 0.247. The van der Waals surface area contributed by atoms with Crippen molar-refractivity contribution in [3.05, 3.63) is 0 Å². The van der Waals surface area contributed by atoms with Crippen LogP contribution in [0, 0.1) is 0 Å². The molecule has 0 radical (unpaired) electrons. The third kappa shape index (κ3) is 150. The van der Waals surface area contributed by atoms with Gasteiger partial charge in [0.25, 0.3) is 0 Å². The van der Waals surface area contributed by atoms with Gasteiger partial charge in [-0.3, -0.25) is 12.9 Å². The molecular weight excluding hydrogens is 143 g/mol. The monoisotopic (exact) mass is 146 g/mol. The van der Waals surface area contributed by atoms with Gasteiger partial charge in [0.1, 0.15) is 0 Å². The maximum atomic E-state index is 9.67. The summed E-state index contributed by atoms with van der Waals surface area (Å²) in [6.07, 6.45) is 0. The Labute approximate surface area is 39.3 Å². The molecule has 1 atom stereocenters. The number of hydrogen-bond acceptors (Lipinski definition) is 0. The molecule has 0 N–H and O–H groups in total.